The van der Waals surface area contributed by atoms with Crippen molar-refractivity contribution in [2.24, 2.45) is 10.4 Å². The van der Waals surface area contributed by atoms with Crippen molar-refractivity contribution >= 4 is 16.9 Å². The summed E-state index contributed by atoms with van der Waals surface area (Å²) in [5.41, 5.74) is 3.11. The van der Waals surface area contributed by atoms with Crippen LogP contribution >= 0.6 is 0 Å². The summed E-state index contributed by atoms with van der Waals surface area (Å²) in [5, 5.41) is 4.78. The predicted octanol–water partition coefficient (Wildman–Crippen LogP) is 3.55. The van der Waals surface area contributed by atoms with Crippen molar-refractivity contribution < 1.29 is 0 Å². The number of benzene rings is 1. The van der Waals surface area contributed by atoms with Crippen molar-refractivity contribution in [2.45, 2.75) is 39.0 Å². The van der Waals surface area contributed by atoms with Gasteiger partial charge in [-0.15, -0.1) is 0 Å². The Morgan fingerprint density at radius 2 is 2.17 bits per heavy atom. The van der Waals surface area contributed by atoms with E-state index in [9.17, 15) is 0 Å². The van der Waals surface area contributed by atoms with Crippen molar-refractivity contribution in [3.63, 3.8) is 0 Å². The van der Waals surface area contributed by atoms with E-state index in [2.05, 4.69) is 52.5 Å². The van der Waals surface area contributed by atoms with Gasteiger partial charge in [0.15, 0.2) is 5.96 Å². The SMILES string of the molecule is CCNC(=NCCc1cc2ccccc2[nH]1)N1CCC2(CCC2)C1. The first kappa shape index (κ1) is 15.6. The number of H-pyrrole nitrogens is 1. The molecule has 0 atom stereocenters. The Bertz CT molecular complexity index is 693. The number of fused-ring (bicyclic) bond motifs is 1. The van der Waals surface area contributed by atoms with Crippen LogP contribution in [0.25, 0.3) is 10.9 Å². The summed E-state index contributed by atoms with van der Waals surface area (Å²) in [6.45, 7) is 6.29. The van der Waals surface area contributed by atoms with Crippen LogP contribution in [0.4, 0.5) is 0 Å². The van der Waals surface area contributed by atoms with Crippen LogP contribution in [0.15, 0.2) is 35.3 Å². The maximum absolute atomic E-state index is 4.90. The summed E-state index contributed by atoms with van der Waals surface area (Å²) in [5.74, 6) is 1.11. The molecule has 2 N–H and O–H groups in total. The number of nitrogens with zero attached hydrogens (tertiary/aromatic N) is 2. The van der Waals surface area contributed by atoms with Gasteiger partial charge in [-0.3, -0.25) is 4.99 Å². The van der Waals surface area contributed by atoms with Crippen LogP contribution in [0.1, 0.15) is 38.3 Å². The van der Waals surface area contributed by atoms with Crippen molar-refractivity contribution in [3.8, 4) is 0 Å². The molecule has 0 amide bonds. The Morgan fingerprint density at radius 3 is 2.88 bits per heavy atom. The number of aliphatic imine (C=N–C) groups is 1. The Balaban J connectivity index is 1.40. The highest BCUT2D eigenvalue weighted by Gasteiger charge is 2.43. The van der Waals surface area contributed by atoms with E-state index in [1.807, 2.05) is 0 Å². The molecule has 4 nitrogen and oxygen atoms in total. The van der Waals surface area contributed by atoms with Gasteiger partial charge in [-0.05, 0) is 49.1 Å². The summed E-state index contributed by atoms with van der Waals surface area (Å²) in [4.78, 5) is 10.9. The van der Waals surface area contributed by atoms with Crippen LogP contribution in [-0.2, 0) is 6.42 Å². The zero-order valence-electron chi connectivity index (χ0n) is 14.6. The van der Waals surface area contributed by atoms with Crippen LogP contribution < -0.4 is 5.32 Å². The molecule has 1 aromatic heterocycles. The Morgan fingerprint density at radius 1 is 1.29 bits per heavy atom. The van der Waals surface area contributed by atoms with Crippen LogP contribution in [-0.4, -0.2) is 42.0 Å². The molecule has 4 heteroatoms. The number of rotatable bonds is 4. The lowest BCUT2D eigenvalue weighted by molar-refractivity contribution is 0.151. The van der Waals surface area contributed by atoms with Crippen LogP contribution in [0.5, 0.6) is 0 Å². The molecule has 1 saturated carbocycles. The largest absolute Gasteiger partial charge is 0.358 e. The van der Waals surface area contributed by atoms with Gasteiger partial charge in [-0.2, -0.15) is 0 Å². The number of aromatic amines is 1. The van der Waals surface area contributed by atoms with Crippen LogP contribution in [0, 0.1) is 5.41 Å². The molecule has 4 rings (SSSR count). The normalized spacial score (nSPS) is 19.9. The lowest BCUT2D eigenvalue weighted by Crippen LogP contribution is -2.42. The van der Waals surface area contributed by atoms with Crippen molar-refractivity contribution in [1.82, 2.24) is 15.2 Å². The van der Waals surface area contributed by atoms with Crippen molar-refractivity contribution in [1.29, 1.82) is 0 Å². The molecule has 0 radical (unpaired) electrons. The van der Waals surface area contributed by atoms with E-state index in [-0.39, 0.29) is 0 Å². The molecule has 2 heterocycles. The van der Waals surface area contributed by atoms with Crippen LogP contribution in [0.2, 0.25) is 0 Å². The fourth-order valence-corrected chi connectivity index (χ4v) is 4.18. The number of aromatic nitrogens is 1. The third kappa shape index (κ3) is 3.02. The molecule has 1 aromatic carbocycles. The quantitative estimate of drug-likeness (QED) is 0.667. The second kappa shape index (κ2) is 6.50. The van der Waals surface area contributed by atoms with Gasteiger partial charge in [0.1, 0.15) is 0 Å². The molecule has 2 aliphatic rings. The molecular formula is C20H28N4. The highest BCUT2D eigenvalue weighted by Crippen LogP contribution is 2.47. The summed E-state index contributed by atoms with van der Waals surface area (Å²) >= 11 is 0. The first-order valence-electron chi connectivity index (χ1n) is 9.38. The van der Waals surface area contributed by atoms with E-state index in [1.165, 1.54) is 48.8 Å². The Kier molecular flexibility index (Phi) is 4.21. The van der Waals surface area contributed by atoms with Gasteiger partial charge in [0.25, 0.3) is 0 Å². The van der Waals surface area contributed by atoms with Gasteiger partial charge >= 0.3 is 0 Å². The van der Waals surface area contributed by atoms with E-state index in [0.29, 0.717) is 5.41 Å². The maximum Gasteiger partial charge on any atom is 0.193 e. The van der Waals surface area contributed by atoms with Gasteiger partial charge < -0.3 is 15.2 Å². The van der Waals surface area contributed by atoms with Gasteiger partial charge in [0.05, 0.1) is 0 Å². The number of hydrogen-bond donors (Lipinski definition) is 2. The maximum atomic E-state index is 4.90. The monoisotopic (exact) mass is 324 g/mol. The molecule has 0 unspecified atom stereocenters. The summed E-state index contributed by atoms with van der Waals surface area (Å²) in [6.07, 6.45) is 6.56. The molecule has 128 valence electrons. The lowest BCUT2D eigenvalue weighted by Gasteiger charge is -2.38. The number of likely N-dealkylation sites (tertiary alicyclic amines) is 1. The van der Waals surface area contributed by atoms with Gasteiger partial charge in [0.2, 0.25) is 0 Å². The Labute approximate surface area is 144 Å². The molecule has 1 spiro atoms. The minimum absolute atomic E-state index is 0.618. The molecule has 1 aliphatic heterocycles. The summed E-state index contributed by atoms with van der Waals surface area (Å²) in [7, 11) is 0. The average molecular weight is 324 g/mol. The highest BCUT2D eigenvalue weighted by atomic mass is 15.3. The van der Waals surface area contributed by atoms with E-state index in [4.69, 9.17) is 4.99 Å². The van der Waals surface area contributed by atoms with Crippen LogP contribution in [0.3, 0.4) is 0 Å². The van der Waals surface area contributed by atoms with E-state index in [1.54, 1.807) is 0 Å². The zero-order valence-corrected chi connectivity index (χ0v) is 14.6. The highest BCUT2D eigenvalue weighted by molar-refractivity contribution is 5.81. The Hall–Kier alpha value is -1.97. The second-order valence-electron chi connectivity index (χ2n) is 7.39. The molecule has 2 aromatic rings. The number of hydrogen-bond acceptors (Lipinski definition) is 1. The number of guanidine groups is 1. The van der Waals surface area contributed by atoms with E-state index >= 15 is 0 Å². The zero-order chi connectivity index (χ0) is 16.4. The second-order valence-corrected chi connectivity index (χ2v) is 7.39. The molecule has 1 aliphatic carbocycles. The minimum atomic E-state index is 0.618. The summed E-state index contributed by atoms with van der Waals surface area (Å²) < 4.78 is 0. The first-order chi connectivity index (χ1) is 11.8. The number of nitrogens with one attached hydrogen (secondary N) is 2. The van der Waals surface area contributed by atoms with Gasteiger partial charge in [-0.1, -0.05) is 24.6 Å². The van der Waals surface area contributed by atoms with E-state index in [0.717, 1.165) is 32.0 Å². The number of para-hydroxylation sites is 1. The predicted molar refractivity (Wildman–Crippen MR) is 100 cm³/mol. The third-order valence-electron chi connectivity index (χ3n) is 5.72. The first-order valence-corrected chi connectivity index (χ1v) is 9.38. The summed E-state index contributed by atoms with van der Waals surface area (Å²) in [6, 6.07) is 10.7. The molecular weight excluding hydrogens is 296 g/mol. The van der Waals surface area contributed by atoms with Gasteiger partial charge in [-0.25, -0.2) is 0 Å². The third-order valence-corrected chi connectivity index (χ3v) is 5.72. The average Bonchev–Trinajstić information content (AvgIpc) is 3.18. The molecule has 1 saturated heterocycles. The molecule has 0 bridgehead atoms. The van der Waals surface area contributed by atoms with Gasteiger partial charge in [0, 0.05) is 43.8 Å². The fraction of sp³-hybridized carbons (Fsp3) is 0.550. The standard InChI is InChI=1S/C20H28N4/c1-2-21-19(24-13-11-20(15-24)9-5-10-20)22-12-8-17-14-16-6-3-4-7-18(16)23-17/h3-4,6-7,14,23H,2,5,8-13,15H2,1H3,(H,21,22). The topological polar surface area (TPSA) is 43.4 Å². The molecule has 24 heavy (non-hydrogen) atoms. The smallest absolute Gasteiger partial charge is 0.193 e. The lowest BCUT2D eigenvalue weighted by atomic mass is 9.68. The van der Waals surface area contributed by atoms with E-state index < -0.39 is 0 Å². The molecule has 2 fully saturated rings. The van der Waals surface area contributed by atoms with Crippen molar-refractivity contribution in [2.75, 3.05) is 26.2 Å². The fourth-order valence-electron chi connectivity index (χ4n) is 4.18. The van der Waals surface area contributed by atoms with Crippen molar-refractivity contribution in [3.05, 3.63) is 36.0 Å². The minimum Gasteiger partial charge on any atom is -0.358 e.